The van der Waals surface area contributed by atoms with Crippen molar-refractivity contribution in [3.63, 3.8) is 0 Å². The van der Waals surface area contributed by atoms with Crippen LogP contribution in [0.2, 0.25) is 0 Å². The van der Waals surface area contributed by atoms with E-state index >= 15 is 0 Å². The highest BCUT2D eigenvalue weighted by atomic mass is 127. The van der Waals surface area contributed by atoms with E-state index in [0.717, 1.165) is 14.2 Å². The molecule has 0 aliphatic heterocycles. The van der Waals surface area contributed by atoms with Gasteiger partial charge in [0.15, 0.2) is 0 Å². The van der Waals surface area contributed by atoms with Gasteiger partial charge in [-0.15, -0.1) is 11.3 Å². The fourth-order valence-corrected chi connectivity index (χ4v) is 2.89. The van der Waals surface area contributed by atoms with Crippen LogP contribution in [0.1, 0.15) is 18.7 Å². The molecular formula is C14H16INO2S. The summed E-state index contributed by atoms with van der Waals surface area (Å²) in [6.45, 7) is 4.20. The van der Waals surface area contributed by atoms with Crippen molar-refractivity contribution in [1.82, 2.24) is 4.98 Å². The summed E-state index contributed by atoms with van der Waals surface area (Å²) in [5, 5.41) is 10.8. The van der Waals surface area contributed by atoms with Gasteiger partial charge in [0.2, 0.25) is 0 Å². The van der Waals surface area contributed by atoms with E-state index in [1.807, 2.05) is 38.1 Å². The molecule has 2 rings (SSSR count). The Morgan fingerprint density at radius 3 is 2.58 bits per heavy atom. The van der Waals surface area contributed by atoms with Crippen LogP contribution in [0.3, 0.4) is 0 Å². The van der Waals surface area contributed by atoms with Crippen molar-refractivity contribution < 1.29 is 9.84 Å². The number of benzene rings is 1. The third-order valence-corrected chi connectivity index (χ3v) is 4.75. The molecule has 0 aliphatic rings. The second-order valence-corrected chi connectivity index (χ2v) is 6.82. The monoisotopic (exact) mass is 389 g/mol. The van der Waals surface area contributed by atoms with Crippen molar-refractivity contribution in [2.75, 3.05) is 6.61 Å². The van der Waals surface area contributed by atoms with E-state index in [1.54, 1.807) is 11.7 Å². The quantitative estimate of drug-likeness (QED) is 0.794. The second-order valence-electron chi connectivity index (χ2n) is 4.69. The van der Waals surface area contributed by atoms with Crippen LogP contribution in [0.15, 0.2) is 36.0 Å². The van der Waals surface area contributed by atoms with Crippen LogP contribution in [0.25, 0.3) is 0 Å². The number of hydrogen-bond donors (Lipinski definition) is 1. The lowest BCUT2D eigenvalue weighted by atomic mass is 9.90. The molecular weight excluding hydrogens is 373 g/mol. The molecule has 1 unspecified atom stereocenters. The Labute approximate surface area is 130 Å². The molecule has 102 valence electrons. The minimum atomic E-state index is -0.996. The summed E-state index contributed by atoms with van der Waals surface area (Å²) >= 11 is 3.70. The van der Waals surface area contributed by atoms with Gasteiger partial charge < -0.3 is 9.84 Å². The molecule has 1 N–H and O–H groups in total. The van der Waals surface area contributed by atoms with Gasteiger partial charge in [-0.25, -0.2) is 0 Å². The molecule has 0 aliphatic carbocycles. The van der Waals surface area contributed by atoms with Crippen molar-refractivity contribution >= 4 is 33.9 Å². The van der Waals surface area contributed by atoms with Gasteiger partial charge >= 0.3 is 0 Å². The molecule has 0 fully saturated rings. The Kier molecular flexibility index (Phi) is 4.81. The first kappa shape index (κ1) is 14.7. The number of aromatic nitrogens is 1. The maximum atomic E-state index is 10.8. The summed E-state index contributed by atoms with van der Waals surface area (Å²) in [7, 11) is 0. The minimum absolute atomic E-state index is 0.0526. The largest absolute Gasteiger partial charge is 0.490 e. The molecule has 5 heteroatoms. The van der Waals surface area contributed by atoms with Gasteiger partial charge in [-0.05, 0) is 52.8 Å². The standard InChI is InChI=1S/C14H16INO2S/c1-10(2)14(17,13-7-16-9-19-13)8-18-12-5-3-11(15)4-6-12/h3-7,9-10,17H,8H2,1-2H3. The molecule has 1 atom stereocenters. The van der Waals surface area contributed by atoms with E-state index in [2.05, 4.69) is 27.6 Å². The number of hydrogen-bond acceptors (Lipinski definition) is 4. The average Bonchev–Trinajstić information content (AvgIpc) is 2.92. The van der Waals surface area contributed by atoms with E-state index in [0.29, 0.717) is 0 Å². The number of ether oxygens (including phenoxy) is 1. The van der Waals surface area contributed by atoms with E-state index in [-0.39, 0.29) is 12.5 Å². The smallest absolute Gasteiger partial charge is 0.136 e. The summed E-state index contributed by atoms with van der Waals surface area (Å²) in [6, 6.07) is 7.79. The Bertz CT molecular complexity index is 513. The van der Waals surface area contributed by atoms with Crippen LogP contribution in [0.5, 0.6) is 5.75 Å². The van der Waals surface area contributed by atoms with Gasteiger partial charge in [-0.1, -0.05) is 13.8 Å². The summed E-state index contributed by atoms with van der Waals surface area (Å²) in [5.41, 5.74) is 0.734. The predicted octanol–water partition coefficient (Wildman–Crippen LogP) is 3.67. The van der Waals surface area contributed by atoms with Crippen molar-refractivity contribution in [3.8, 4) is 5.75 Å². The average molecular weight is 389 g/mol. The van der Waals surface area contributed by atoms with E-state index in [1.165, 1.54) is 11.3 Å². The zero-order chi connectivity index (χ0) is 13.9. The molecule has 3 nitrogen and oxygen atoms in total. The Hall–Kier alpha value is -0.660. The number of thiazole rings is 1. The van der Waals surface area contributed by atoms with Gasteiger partial charge in [0, 0.05) is 9.77 Å². The molecule has 0 amide bonds. The molecule has 1 aromatic carbocycles. The molecule has 0 radical (unpaired) electrons. The normalized spacial score (nSPS) is 14.4. The van der Waals surface area contributed by atoms with E-state index < -0.39 is 5.60 Å². The van der Waals surface area contributed by atoms with Gasteiger partial charge in [0.25, 0.3) is 0 Å². The lowest BCUT2D eigenvalue weighted by Gasteiger charge is -2.30. The van der Waals surface area contributed by atoms with Crippen molar-refractivity contribution in [3.05, 3.63) is 44.4 Å². The molecule has 0 bridgehead atoms. The molecule has 0 saturated carbocycles. The fraction of sp³-hybridized carbons (Fsp3) is 0.357. The highest BCUT2D eigenvalue weighted by molar-refractivity contribution is 14.1. The molecule has 1 heterocycles. The summed E-state index contributed by atoms with van der Waals surface area (Å²) in [6.07, 6.45) is 1.71. The third kappa shape index (κ3) is 3.46. The Morgan fingerprint density at radius 2 is 2.05 bits per heavy atom. The fourth-order valence-electron chi connectivity index (χ4n) is 1.68. The zero-order valence-corrected chi connectivity index (χ0v) is 13.8. The van der Waals surface area contributed by atoms with Crippen LogP contribution in [0, 0.1) is 9.49 Å². The Morgan fingerprint density at radius 1 is 1.37 bits per heavy atom. The van der Waals surface area contributed by atoms with Gasteiger partial charge in [-0.3, -0.25) is 4.98 Å². The van der Waals surface area contributed by atoms with Crippen molar-refractivity contribution in [2.45, 2.75) is 19.4 Å². The molecule has 19 heavy (non-hydrogen) atoms. The van der Waals surface area contributed by atoms with E-state index in [9.17, 15) is 5.11 Å². The van der Waals surface area contributed by atoms with Gasteiger partial charge in [0.1, 0.15) is 18.0 Å². The first-order valence-electron chi connectivity index (χ1n) is 6.02. The second kappa shape index (κ2) is 6.19. The Balaban J connectivity index is 2.12. The first-order valence-corrected chi connectivity index (χ1v) is 7.98. The number of halogens is 1. The third-order valence-electron chi connectivity index (χ3n) is 3.09. The lowest BCUT2D eigenvalue weighted by molar-refractivity contribution is -0.0457. The predicted molar refractivity (Wildman–Crippen MR) is 85.5 cm³/mol. The topological polar surface area (TPSA) is 42.4 Å². The van der Waals surface area contributed by atoms with Gasteiger partial charge in [0.05, 0.1) is 10.4 Å². The lowest BCUT2D eigenvalue weighted by Crippen LogP contribution is -2.37. The maximum Gasteiger partial charge on any atom is 0.136 e. The van der Waals surface area contributed by atoms with Gasteiger partial charge in [-0.2, -0.15) is 0 Å². The van der Waals surface area contributed by atoms with Crippen molar-refractivity contribution in [1.29, 1.82) is 0 Å². The zero-order valence-electron chi connectivity index (χ0n) is 10.8. The van der Waals surface area contributed by atoms with Crippen LogP contribution >= 0.6 is 33.9 Å². The highest BCUT2D eigenvalue weighted by Gasteiger charge is 2.35. The minimum Gasteiger partial charge on any atom is -0.490 e. The number of nitrogens with zero attached hydrogens (tertiary/aromatic N) is 1. The molecule has 0 saturated heterocycles. The van der Waals surface area contributed by atoms with Crippen LogP contribution < -0.4 is 4.74 Å². The molecule has 2 aromatic rings. The first-order chi connectivity index (χ1) is 9.02. The highest BCUT2D eigenvalue weighted by Crippen LogP contribution is 2.32. The molecule has 0 spiro atoms. The SMILES string of the molecule is CC(C)C(O)(COc1ccc(I)cc1)c1cncs1. The number of rotatable bonds is 5. The summed E-state index contributed by atoms with van der Waals surface area (Å²) in [5.74, 6) is 0.820. The van der Waals surface area contributed by atoms with Crippen LogP contribution in [0.4, 0.5) is 0 Å². The molecule has 1 aromatic heterocycles. The van der Waals surface area contributed by atoms with Crippen molar-refractivity contribution in [2.24, 2.45) is 5.92 Å². The van der Waals surface area contributed by atoms with Crippen LogP contribution in [-0.4, -0.2) is 16.7 Å². The summed E-state index contributed by atoms with van der Waals surface area (Å²) in [4.78, 5) is 4.88. The number of aliphatic hydroxyl groups is 1. The maximum absolute atomic E-state index is 10.8. The summed E-state index contributed by atoms with van der Waals surface area (Å²) < 4.78 is 6.90. The van der Waals surface area contributed by atoms with E-state index in [4.69, 9.17) is 4.74 Å². The van der Waals surface area contributed by atoms with Crippen LogP contribution in [-0.2, 0) is 5.60 Å².